The van der Waals surface area contributed by atoms with Gasteiger partial charge in [0.05, 0.1) is 0 Å². The van der Waals surface area contributed by atoms with Crippen molar-refractivity contribution in [2.75, 3.05) is 23.3 Å². The zero-order valence-corrected chi connectivity index (χ0v) is 10.5. The third-order valence-corrected chi connectivity index (χ3v) is 3.63. The zero-order chi connectivity index (χ0) is 12.1. The minimum absolute atomic E-state index is 0.0842. The van der Waals surface area contributed by atoms with Gasteiger partial charge >= 0.3 is 0 Å². The van der Waals surface area contributed by atoms with Crippen molar-refractivity contribution in [3.8, 4) is 0 Å². The van der Waals surface area contributed by atoms with Crippen LogP contribution in [-0.2, 0) is 0 Å². The molecular formula is C11H18N2O2S. The van der Waals surface area contributed by atoms with Crippen molar-refractivity contribution in [2.45, 2.75) is 31.9 Å². The first-order chi connectivity index (χ1) is 7.57. The third-order valence-electron chi connectivity index (χ3n) is 2.49. The van der Waals surface area contributed by atoms with Crippen molar-refractivity contribution in [3.63, 3.8) is 0 Å². The summed E-state index contributed by atoms with van der Waals surface area (Å²) in [4.78, 5) is 21.9. The van der Waals surface area contributed by atoms with Gasteiger partial charge < -0.3 is 11.1 Å². The van der Waals surface area contributed by atoms with Crippen LogP contribution in [0, 0.1) is 0 Å². The van der Waals surface area contributed by atoms with E-state index in [9.17, 15) is 9.59 Å². The number of hydrogen-bond donors (Lipinski definition) is 2. The second-order valence-electron chi connectivity index (χ2n) is 3.78. The fraction of sp³-hybridized carbons (Fsp3) is 0.636. The van der Waals surface area contributed by atoms with Crippen LogP contribution in [0.5, 0.6) is 0 Å². The minimum atomic E-state index is -0.558. The molecule has 0 aromatic heterocycles. The Balaban J connectivity index is 2.22. The maximum Gasteiger partial charge on any atom is 0.253 e. The number of nitrogen functional groups attached to an aromatic ring is 1. The standard InChI is InChI=1S/C11H18N2O2S/c1-3-16-7(2)5-4-6-13-9-8(12)10(14)11(9)15/h7,13H,3-6,12H2,1-2H3. The Morgan fingerprint density at radius 2 is 2.06 bits per heavy atom. The van der Waals surface area contributed by atoms with E-state index in [0.29, 0.717) is 17.5 Å². The quantitative estimate of drug-likeness (QED) is 0.555. The fourth-order valence-corrected chi connectivity index (χ4v) is 2.46. The zero-order valence-electron chi connectivity index (χ0n) is 9.71. The molecule has 0 aliphatic rings. The van der Waals surface area contributed by atoms with E-state index in [4.69, 9.17) is 5.73 Å². The number of hydrogen-bond acceptors (Lipinski definition) is 5. The Hall–Kier alpha value is -0.970. The van der Waals surface area contributed by atoms with Gasteiger partial charge in [0, 0.05) is 11.8 Å². The lowest BCUT2D eigenvalue weighted by Gasteiger charge is -2.12. The van der Waals surface area contributed by atoms with Crippen molar-refractivity contribution < 1.29 is 0 Å². The summed E-state index contributed by atoms with van der Waals surface area (Å²) < 4.78 is 0. The Morgan fingerprint density at radius 1 is 1.38 bits per heavy atom. The molecule has 1 aromatic carbocycles. The fourth-order valence-electron chi connectivity index (χ4n) is 1.56. The first-order valence-corrected chi connectivity index (χ1v) is 6.57. The van der Waals surface area contributed by atoms with E-state index >= 15 is 0 Å². The normalized spacial score (nSPS) is 12.9. The second-order valence-corrected chi connectivity index (χ2v) is 5.50. The van der Waals surface area contributed by atoms with Crippen LogP contribution in [0.2, 0.25) is 0 Å². The van der Waals surface area contributed by atoms with Gasteiger partial charge in [-0.15, -0.1) is 0 Å². The summed E-state index contributed by atoms with van der Waals surface area (Å²) in [5.41, 5.74) is 4.74. The van der Waals surface area contributed by atoms with Crippen LogP contribution in [-0.4, -0.2) is 17.5 Å². The summed E-state index contributed by atoms with van der Waals surface area (Å²) in [5, 5.41) is 3.56. The molecule has 1 unspecified atom stereocenters. The smallest absolute Gasteiger partial charge is 0.253 e. The highest BCUT2D eigenvalue weighted by Gasteiger charge is 2.16. The Labute approximate surface area is 99.3 Å². The van der Waals surface area contributed by atoms with Crippen LogP contribution in [0.4, 0.5) is 11.4 Å². The second kappa shape index (κ2) is 5.94. The molecule has 0 radical (unpaired) electrons. The summed E-state index contributed by atoms with van der Waals surface area (Å²) in [7, 11) is 0. The molecule has 0 heterocycles. The Bertz CT molecular complexity index is 410. The molecule has 5 heteroatoms. The average molecular weight is 242 g/mol. The summed E-state index contributed by atoms with van der Waals surface area (Å²) >= 11 is 1.93. The molecule has 16 heavy (non-hydrogen) atoms. The Kier molecular flexibility index (Phi) is 4.86. The van der Waals surface area contributed by atoms with E-state index in [0.717, 1.165) is 18.6 Å². The lowest BCUT2D eigenvalue weighted by molar-refractivity contribution is 0.756. The molecule has 0 saturated carbocycles. The van der Waals surface area contributed by atoms with Gasteiger partial charge in [-0.1, -0.05) is 13.8 Å². The van der Waals surface area contributed by atoms with Crippen LogP contribution in [0.25, 0.3) is 0 Å². The molecule has 0 spiro atoms. The predicted molar refractivity (Wildman–Crippen MR) is 71.1 cm³/mol. The first-order valence-electron chi connectivity index (χ1n) is 5.52. The molecule has 3 N–H and O–H groups in total. The van der Waals surface area contributed by atoms with Gasteiger partial charge in [0.25, 0.3) is 10.9 Å². The van der Waals surface area contributed by atoms with Crippen LogP contribution in [0.3, 0.4) is 0 Å². The molecule has 1 aromatic rings. The SMILES string of the molecule is CCSC(C)CCCNc1c(N)c(=O)c1=O. The van der Waals surface area contributed by atoms with Crippen molar-refractivity contribution in [1.29, 1.82) is 0 Å². The molecule has 1 atom stereocenters. The van der Waals surface area contributed by atoms with Gasteiger partial charge in [0.2, 0.25) is 0 Å². The molecule has 0 bridgehead atoms. The monoisotopic (exact) mass is 242 g/mol. The Morgan fingerprint density at radius 3 is 2.62 bits per heavy atom. The molecule has 1 rings (SSSR count). The van der Waals surface area contributed by atoms with Gasteiger partial charge in [-0.25, -0.2) is 0 Å². The highest BCUT2D eigenvalue weighted by molar-refractivity contribution is 7.99. The molecule has 0 aliphatic carbocycles. The lowest BCUT2D eigenvalue weighted by atomic mass is 10.2. The average Bonchev–Trinajstić information content (AvgIpc) is 2.28. The van der Waals surface area contributed by atoms with Crippen molar-refractivity contribution in [3.05, 3.63) is 20.4 Å². The van der Waals surface area contributed by atoms with Gasteiger partial charge in [-0.2, -0.15) is 11.8 Å². The summed E-state index contributed by atoms with van der Waals surface area (Å²) in [5.74, 6) is 1.12. The van der Waals surface area contributed by atoms with Crippen LogP contribution in [0.15, 0.2) is 9.59 Å². The molecule has 90 valence electrons. The van der Waals surface area contributed by atoms with Gasteiger partial charge in [0.1, 0.15) is 11.4 Å². The molecular weight excluding hydrogens is 224 g/mol. The van der Waals surface area contributed by atoms with Gasteiger partial charge in [-0.05, 0) is 18.6 Å². The summed E-state index contributed by atoms with van der Waals surface area (Å²) in [6.45, 7) is 5.03. The highest BCUT2D eigenvalue weighted by Crippen LogP contribution is 2.15. The van der Waals surface area contributed by atoms with E-state index in [1.54, 1.807) is 0 Å². The molecule has 0 amide bonds. The molecule has 0 saturated heterocycles. The van der Waals surface area contributed by atoms with E-state index in [-0.39, 0.29) is 5.69 Å². The molecule has 0 aliphatic heterocycles. The highest BCUT2D eigenvalue weighted by atomic mass is 32.2. The maximum atomic E-state index is 11.0. The molecule has 4 nitrogen and oxygen atoms in total. The minimum Gasteiger partial charge on any atom is -0.394 e. The lowest BCUT2D eigenvalue weighted by Crippen LogP contribution is -2.37. The number of nitrogens with two attached hydrogens (primary N) is 1. The van der Waals surface area contributed by atoms with Crippen LogP contribution < -0.4 is 21.9 Å². The number of thioether (sulfide) groups is 1. The van der Waals surface area contributed by atoms with E-state index < -0.39 is 10.9 Å². The van der Waals surface area contributed by atoms with Crippen LogP contribution in [0.1, 0.15) is 26.7 Å². The van der Waals surface area contributed by atoms with E-state index in [1.807, 2.05) is 11.8 Å². The summed E-state index contributed by atoms with van der Waals surface area (Å²) in [6, 6.07) is 0. The predicted octanol–water partition coefficient (Wildman–Crippen LogP) is 1.20. The van der Waals surface area contributed by atoms with Crippen molar-refractivity contribution in [2.24, 2.45) is 0 Å². The maximum absolute atomic E-state index is 11.0. The van der Waals surface area contributed by atoms with Gasteiger partial charge in [0.15, 0.2) is 0 Å². The number of rotatable bonds is 7. The van der Waals surface area contributed by atoms with Crippen molar-refractivity contribution >= 4 is 23.1 Å². The van der Waals surface area contributed by atoms with Crippen LogP contribution >= 0.6 is 11.8 Å². The van der Waals surface area contributed by atoms with E-state index in [1.165, 1.54) is 0 Å². The number of nitrogens with one attached hydrogen (secondary N) is 1. The van der Waals surface area contributed by atoms with E-state index in [2.05, 4.69) is 19.2 Å². The third kappa shape index (κ3) is 3.01. The first kappa shape index (κ1) is 13.1. The molecule has 0 fully saturated rings. The largest absolute Gasteiger partial charge is 0.394 e. The van der Waals surface area contributed by atoms with Crippen molar-refractivity contribution in [1.82, 2.24) is 0 Å². The summed E-state index contributed by atoms with van der Waals surface area (Å²) in [6.07, 6.45) is 2.08. The number of anilines is 2. The van der Waals surface area contributed by atoms with Gasteiger partial charge in [-0.3, -0.25) is 9.59 Å². The topological polar surface area (TPSA) is 72.2 Å².